The molecule has 0 bridgehead atoms. The molecule has 3 rings (SSSR count). The van der Waals surface area contributed by atoms with Crippen LogP contribution in [0.1, 0.15) is 16.8 Å². The number of hydrogen-bond donors (Lipinski definition) is 1. The fourth-order valence-corrected chi connectivity index (χ4v) is 2.73. The van der Waals surface area contributed by atoms with Crippen LogP contribution < -0.4 is 15.0 Å². The highest BCUT2D eigenvalue weighted by Crippen LogP contribution is 2.25. The van der Waals surface area contributed by atoms with Crippen molar-refractivity contribution in [2.45, 2.75) is 12.5 Å². The number of nitrogens with one attached hydrogen (secondary N) is 1. The van der Waals surface area contributed by atoms with Crippen LogP contribution in [0, 0.1) is 5.82 Å². The van der Waals surface area contributed by atoms with Gasteiger partial charge in [0.15, 0.2) is 0 Å². The number of nitrogens with zero attached hydrogens (tertiary/aromatic N) is 1. The van der Waals surface area contributed by atoms with Crippen LogP contribution in [0.3, 0.4) is 0 Å². The number of ether oxygens (including phenoxy) is 1. The van der Waals surface area contributed by atoms with Gasteiger partial charge in [-0.25, -0.2) is 4.39 Å². The van der Waals surface area contributed by atoms with E-state index < -0.39 is 5.82 Å². The summed E-state index contributed by atoms with van der Waals surface area (Å²) in [6.07, 6.45) is 0.207. The molecule has 0 radical (unpaired) electrons. The second-order valence-electron chi connectivity index (χ2n) is 5.59. The van der Waals surface area contributed by atoms with Crippen LogP contribution in [0.15, 0.2) is 48.5 Å². The van der Waals surface area contributed by atoms with Gasteiger partial charge in [-0.3, -0.25) is 9.59 Å². The summed E-state index contributed by atoms with van der Waals surface area (Å²) in [5.41, 5.74) is 0.962. The van der Waals surface area contributed by atoms with E-state index in [2.05, 4.69) is 5.32 Å². The molecule has 5 nitrogen and oxygen atoms in total. The summed E-state index contributed by atoms with van der Waals surface area (Å²) in [5, 5.41) is 2.78. The Morgan fingerprint density at radius 3 is 2.79 bits per heavy atom. The molecule has 6 heteroatoms. The van der Waals surface area contributed by atoms with Crippen molar-refractivity contribution >= 4 is 17.5 Å². The minimum atomic E-state index is -0.469. The van der Waals surface area contributed by atoms with Crippen LogP contribution in [-0.2, 0) is 4.79 Å². The molecule has 0 aliphatic carbocycles. The van der Waals surface area contributed by atoms with Crippen molar-refractivity contribution in [3.63, 3.8) is 0 Å². The van der Waals surface area contributed by atoms with Gasteiger partial charge in [0.25, 0.3) is 5.91 Å². The SMILES string of the molecule is COc1cccc(N2C[C@@H](NC(=O)c3cccc(F)c3)CC2=O)c1. The van der Waals surface area contributed by atoms with Crippen LogP contribution in [0.2, 0.25) is 0 Å². The molecule has 2 aromatic carbocycles. The van der Waals surface area contributed by atoms with Crippen molar-refractivity contribution in [1.29, 1.82) is 0 Å². The standard InChI is InChI=1S/C18H17FN2O3/c1-24-16-7-3-6-15(10-16)21-11-14(9-17(21)22)20-18(23)12-4-2-5-13(19)8-12/h2-8,10,14H,9,11H2,1H3,(H,20,23)/t14-/m0/s1. The van der Waals surface area contributed by atoms with Crippen molar-refractivity contribution in [3.8, 4) is 5.75 Å². The third kappa shape index (κ3) is 3.37. The van der Waals surface area contributed by atoms with E-state index in [-0.39, 0.29) is 29.8 Å². The van der Waals surface area contributed by atoms with Crippen molar-refractivity contribution in [1.82, 2.24) is 5.32 Å². The van der Waals surface area contributed by atoms with Gasteiger partial charge in [-0.15, -0.1) is 0 Å². The van der Waals surface area contributed by atoms with E-state index in [1.807, 2.05) is 6.07 Å². The Morgan fingerprint density at radius 2 is 2.04 bits per heavy atom. The number of rotatable bonds is 4. The quantitative estimate of drug-likeness (QED) is 0.937. The summed E-state index contributed by atoms with van der Waals surface area (Å²) < 4.78 is 18.4. The van der Waals surface area contributed by atoms with Gasteiger partial charge in [0.2, 0.25) is 5.91 Å². The Hall–Kier alpha value is -2.89. The van der Waals surface area contributed by atoms with Gasteiger partial charge < -0.3 is 15.0 Å². The minimum Gasteiger partial charge on any atom is -0.497 e. The van der Waals surface area contributed by atoms with Crippen LogP contribution in [0.25, 0.3) is 0 Å². The van der Waals surface area contributed by atoms with Crippen LogP contribution in [-0.4, -0.2) is 31.5 Å². The number of hydrogen-bond acceptors (Lipinski definition) is 3. The lowest BCUT2D eigenvalue weighted by Gasteiger charge is -2.18. The number of anilines is 1. The highest BCUT2D eigenvalue weighted by atomic mass is 19.1. The topological polar surface area (TPSA) is 58.6 Å². The van der Waals surface area contributed by atoms with Crippen LogP contribution in [0.5, 0.6) is 5.75 Å². The Morgan fingerprint density at radius 1 is 1.25 bits per heavy atom. The molecule has 0 spiro atoms. The maximum Gasteiger partial charge on any atom is 0.251 e. The average Bonchev–Trinajstić information content (AvgIpc) is 2.95. The predicted molar refractivity (Wildman–Crippen MR) is 87.6 cm³/mol. The van der Waals surface area contributed by atoms with E-state index in [1.165, 1.54) is 24.3 Å². The van der Waals surface area contributed by atoms with Gasteiger partial charge in [-0.05, 0) is 30.3 Å². The summed E-state index contributed by atoms with van der Waals surface area (Å²) in [5.74, 6) is -0.275. The Labute approximate surface area is 139 Å². The van der Waals surface area contributed by atoms with E-state index in [4.69, 9.17) is 4.74 Å². The lowest BCUT2D eigenvalue weighted by atomic mass is 10.2. The van der Waals surface area contributed by atoms with Crippen molar-refractivity contribution in [2.75, 3.05) is 18.6 Å². The molecule has 2 aromatic rings. The average molecular weight is 328 g/mol. The fraction of sp³-hybridized carbons (Fsp3) is 0.222. The summed E-state index contributed by atoms with van der Waals surface area (Å²) in [6.45, 7) is 0.368. The largest absolute Gasteiger partial charge is 0.497 e. The molecule has 1 aliphatic rings. The molecule has 1 heterocycles. The molecule has 1 fully saturated rings. The normalized spacial score (nSPS) is 17.0. The predicted octanol–water partition coefficient (Wildman–Crippen LogP) is 2.37. The van der Waals surface area contributed by atoms with E-state index in [9.17, 15) is 14.0 Å². The van der Waals surface area contributed by atoms with Crippen molar-refractivity contribution in [2.24, 2.45) is 0 Å². The number of benzene rings is 2. The minimum absolute atomic E-state index is 0.0761. The van der Waals surface area contributed by atoms with Gasteiger partial charge in [-0.2, -0.15) is 0 Å². The molecular weight excluding hydrogens is 311 g/mol. The molecule has 1 saturated heterocycles. The number of carbonyl (C=O) groups is 2. The first-order valence-corrected chi connectivity index (χ1v) is 7.57. The zero-order valence-corrected chi connectivity index (χ0v) is 13.2. The molecule has 1 aliphatic heterocycles. The lowest BCUT2D eigenvalue weighted by molar-refractivity contribution is -0.117. The number of amides is 2. The van der Waals surface area contributed by atoms with E-state index >= 15 is 0 Å². The van der Waals surface area contributed by atoms with E-state index in [0.29, 0.717) is 12.3 Å². The Bertz CT molecular complexity index is 778. The zero-order chi connectivity index (χ0) is 17.1. The van der Waals surface area contributed by atoms with Gasteiger partial charge >= 0.3 is 0 Å². The Balaban J connectivity index is 1.69. The highest BCUT2D eigenvalue weighted by Gasteiger charge is 2.31. The molecule has 2 amide bonds. The molecule has 0 unspecified atom stereocenters. The first-order chi connectivity index (χ1) is 11.6. The smallest absolute Gasteiger partial charge is 0.251 e. The molecule has 24 heavy (non-hydrogen) atoms. The van der Waals surface area contributed by atoms with Gasteiger partial charge in [0, 0.05) is 30.3 Å². The monoisotopic (exact) mass is 328 g/mol. The Kier molecular flexibility index (Phi) is 4.46. The van der Waals surface area contributed by atoms with Gasteiger partial charge in [-0.1, -0.05) is 12.1 Å². The molecule has 0 saturated carbocycles. The van der Waals surface area contributed by atoms with Crippen molar-refractivity contribution in [3.05, 3.63) is 59.9 Å². The lowest BCUT2D eigenvalue weighted by Crippen LogP contribution is -2.37. The summed E-state index contributed by atoms with van der Waals surface area (Å²) in [6, 6.07) is 12.3. The third-order valence-electron chi connectivity index (χ3n) is 3.91. The maximum absolute atomic E-state index is 13.2. The second-order valence-corrected chi connectivity index (χ2v) is 5.59. The highest BCUT2D eigenvalue weighted by molar-refractivity contribution is 5.99. The number of carbonyl (C=O) groups excluding carboxylic acids is 2. The number of halogens is 1. The summed E-state index contributed by atoms with van der Waals surface area (Å²) in [4.78, 5) is 26.0. The third-order valence-corrected chi connectivity index (χ3v) is 3.91. The van der Waals surface area contributed by atoms with Gasteiger partial charge in [0.05, 0.1) is 13.2 Å². The van der Waals surface area contributed by atoms with Crippen molar-refractivity contribution < 1.29 is 18.7 Å². The van der Waals surface area contributed by atoms with E-state index in [1.54, 1.807) is 30.2 Å². The zero-order valence-electron chi connectivity index (χ0n) is 13.2. The second kappa shape index (κ2) is 6.70. The molecule has 1 atom stereocenters. The first kappa shape index (κ1) is 16.0. The molecular formula is C18H17FN2O3. The molecule has 0 aromatic heterocycles. The molecule has 1 N–H and O–H groups in total. The maximum atomic E-state index is 13.2. The molecule has 124 valence electrons. The first-order valence-electron chi connectivity index (χ1n) is 7.57. The summed E-state index contributed by atoms with van der Waals surface area (Å²) >= 11 is 0. The summed E-state index contributed by atoms with van der Waals surface area (Å²) in [7, 11) is 1.56. The van der Waals surface area contributed by atoms with E-state index in [0.717, 1.165) is 5.69 Å². The van der Waals surface area contributed by atoms with Gasteiger partial charge in [0.1, 0.15) is 11.6 Å². The van der Waals surface area contributed by atoms with Crippen LogP contribution >= 0.6 is 0 Å². The van der Waals surface area contributed by atoms with Crippen LogP contribution in [0.4, 0.5) is 10.1 Å². The number of methoxy groups -OCH3 is 1. The fourth-order valence-electron chi connectivity index (χ4n) is 2.73.